The molecular weight excluding hydrogens is 1110 g/mol. The number of unbranched alkanes of at least 4 members (excludes halogenated alkanes) is 49. The van der Waals surface area contributed by atoms with Gasteiger partial charge >= 0.3 is 13.8 Å². The Labute approximate surface area is 548 Å². The minimum atomic E-state index is -4.45. The summed E-state index contributed by atoms with van der Waals surface area (Å²) in [4.78, 5) is 38.0. The zero-order valence-electron chi connectivity index (χ0n) is 59.5. The van der Waals surface area contributed by atoms with Crippen LogP contribution in [0.4, 0.5) is 0 Å². The minimum absolute atomic E-state index is 0.0425. The molecule has 0 saturated heterocycles. The third-order valence-electron chi connectivity index (χ3n) is 17.5. The van der Waals surface area contributed by atoms with Crippen LogP contribution in [0.25, 0.3) is 0 Å². The Morgan fingerprint density at radius 3 is 1.06 bits per heavy atom. The monoisotopic (exact) mass is 1260 g/mol. The molecule has 1 amide bonds. The smallest absolute Gasteiger partial charge is 0.456 e. The van der Waals surface area contributed by atoms with Gasteiger partial charge in [0.05, 0.1) is 33.8 Å². The first-order valence-corrected chi connectivity index (χ1v) is 40.0. The Morgan fingerprint density at radius 1 is 0.398 bits per heavy atom. The number of ether oxygens (including phenoxy) is 1. The number of carbonyl (C=O) groups is 2. The van der Waals surface area contributed by atoms with Gasteiger partial charge < -0.3 is 19.4 Å². The highest BCUT2D eigenvalue weighted by Crippen LogP contribution is 2.43. The number of carbonyl (C=O) groups excluding carboxylic acids is 2. The zero-order valence-corrected chi connectivity index (χ0v) is 60.4. The van der Waals surface area contributed by atoms with Gasteiger partial charge in [-0.2, -0.15) is 0 Å². The summed E-state index contributed by atoms with van der Waals surface area (Å²) in [5.74, 6) is -0.484. The van der Waals surface area contributed by atoms with Crippen molar-refractivity contribution in [3.63, 3.8) is 0 Å². The maximum absolute atomic E-state index is 13.6. The third kappa shape index (κ3) is 68.3. The van der Waals surface area contributed by atoms with Gasteiger partial charge in [-0.1, -0.05) is 352 Å². The van der Waals surface area contributed by atoms with Gasteiger partial charge in [-0.05, 0) is 70.3 Å². The van der Waals surface area contributed by atoms with Crippen LogP contribution in [-0.2, 0) is 27.9 Å². The number of hydrogen-bond donors (Lipinski definition) is 2. The summed E-state index contributed by atoms with van der Waals surface area (Å²) in [7, 11) is 1.51. The number of phosphoric ester groups is 1. The van der Waals surface area contributed by atoms with Crippen LogP contribution in [0.2, 0.25) is 0 Å². The maximum Gasteiger partial charge on any atom is 0.472 e. The number of allylic oxidation sites excluding steroid dienone is 7. The number of quaternary nitrogens is 1. The standard InChI is InChI=1S/C78H149N2O7P/c1-7-10-13-16-19-22-25-28-30-32-34-36-38-39-40-41-43-44-46-48-50-52-55-58-61-64-67-70-77(81)79-75(74-86-88(83,84)85-73-72-80(4,5)6)76(69-66-63-60-57-54-27-24-21-18-15-12-9-3)87-78(82)71-68-65-62-59-56-53-51-49-47-45-42-37-35-33-31-29-26-23-20-17-14-11-8-2/h19,22,28,30,34,36,66,69,75-76H,7-18,20-21,23-27,29,31-33,35,37-65,67-68,70-74H2,1-6H3,(H-,79,81,83,84)/p+1/b22-19-,30-28-,36-34-,69-66+. The van der Waals surface area contributed by atoms with Gasteiger partial charge in [-0.3, -0.25) is 18.6 Å². The second kappa shape index (κ2) is 67.8. The average molecular weight is 1260 g/mol. The molecular formula is C78H150N2O7P+. The molecule has 9 nitrogen and oxygen atoms in total. The van der Waals surface area contributed by atoms with E-state index >= 15 is 0 Å². The van der Waals surface area contributed by atoms with Crippen molar-refractivity contribution in [3.05, 3.63) is 48.6 Å². The number of likely N-dealkylation sites (N-methyl/N-ethyl adjacent to an activating group) is 1. The number of nitrogens with one attached hydrogen (secondary N) is 1. The predicted octanol–water partition coefficient (Wildman–Crippen LogP) is 24.7. The van der Waals surface area contributed by atoms with Crippen molar-refractivity contribution < 1.29 is 37.3 Å². The van der Waals surface area contributed by atoms with E-state index in [1.807, 2.05) is 27.2 Å². The van der Waals surface area contributed by atoms with Crippen molar-refractivity contribution >= 4 is 19.7 Å². The lowest BCUT2D eigenvalue weighted by Crippen LogP contribution is -2.47. The van der Waals surface area contributed by atoms with Crippen LogP contribution < -0.4 is 5.32 Å². The predicted molar refractivity (Wildman–Crippen MR) is 383 cm³/mol. The number of amides is 1. The Balaban J connectivity index is 4.94. The SMILES string of the molecule is CCCCC/C=C\C/C=C\C/C=C\CCCCCCCCCCCCCCCCC(=O)NC(COP(=O)(O)OCC[N+](C)(C)C)C(/C=C/CCCCCCCCCCCC)OC(=O)CCCCCCCCCCCCCCCCCCCCCCCCC. The van der Waals surface area contributed by atoms with Gasteiger partial charge in [0.25, 0.3) is 0 Å². The van der Waals surface area contributed by atoms with E-state index in [4.69, 9.17) is 13.8 Å². The van der Waals surface area contributed by atoms with E-state index in [2.05, 4.69) is 68.6 Å². The van der Waals surface area contributed by atoms with Crippen LogP contribution in [0.1, 0.15) is 387 Å². The molecule has 0 aliphatic rings. The second-order valence-corrected chi connectivity index (χ2v) is 29.0. The molecule has 0 fully saturated rings. The first-order valence-electron chi connectivity index (χ1n) is 38.5. The van der Waals surface area contributed by atoms with E-state index in [9.17, 15) is 19.0 Å². The molecule has 10 heteroatoms. The van der Waals surface area contributed by atoms with Crippen LogP contribution in [0.3, 0.4) is 0 Å². The highest BCUT2D eigenvalue weighted by Gasteiger charge is 2.30. The Bertz CT molecular complexity index is 1640. The van der Waals surface area contributed by atoms with Crippen molar-refractivity contribution in [2.45, 2.75) is 399 Å². The zero-order chi connectivity index (χ0) is 64.2. The highest BCUT2D eigenvalue weighted by molar-refractivity contribution is 7.47. The third-order valence-corrected chi connectivity index (χ3v) is 18.5. The lowest BCUT2D eigenvalue weighted by Gasteiger charge is -2.27. The maximum atomic E-state index is 13.6. The fourth-order valence-electron chi connectivity index (χ4n) is 11.6. The number of phosphoric acid groups is 1. The van der Waals surface area contributed by atoms with Crippen molar-refractivity contribution in [1.29, 1.82) is 0 Å². The molecule has 0 rings (SSSR count). The number of hydrogen-bond acceptors (Lipinski definition) is 6. The van der Waals surface area contributed by atoms with Gasteiger partial charge in [-0.25, -0.2) is 4.57 Å². The molecule has 3 atom stereocenters. The fraction of sp³-hybridized carbons (Fsp3) is 0.872. The lowest BCUT2D eigenvalue weighted by molar-refractivity contribution is -0.870. The number of rotatable bonds is 71. The first-order chi connectivity index (χ1) is 42.9. The molecule has 0 radical (unpaired) electrons. The molecule has 518 valence electrons. The quantitative estimate of drug-likeness (QED) is 0.0205. The average Bonchev–Trinajstić information content (AvgIpc) is 3.66. The van der Waals surface area contributed by atoms with Crippen LogP contribution in [0, 0.1) is 0 Å². The summed E-state index contributed by atoms with van der Waals surface area (Å²) < 4.78 is 30.9. The summed E-state index contributed by atoms with van der Waals surface area (Å²) in [5.41, 5.74) is 0. The Kier molecular flexibility index (Phi) is 66.3. The van der Waals surface area contributed by atoms with Crippen molar-refractivity contribution in [2.24, 2.45) is 0 Å². The Hall–Kier alpha value is -2.03. The van der Waals surface area contributed by atoms with Crippen molar-refractivity contribution in [2.75, 3.05) is 40.9 Å². The molecule has 2 N–H and O–H groups in total. The van der Waals surface area contributed by atoms with Gasteiger partial charge in [-0.15, -0.1) is 0 Å². The summed E-state index contributed by atoms with van der Waals surface area (Å²) in [6, 6.07) is -0.847. The van der Waals surface area contributed by atoms with Crippen LogP contribution in [-0.4, -0.2) is 74.3 Å². The second-order valence-electron chi connectivity index (χ2n) is 27.5. The van der Waals surface area contributed by atoms with Crippen molar-refractivity contribution in [1.82, 2.24) is 5.32 Å². The van der Waals surface area contributed by atoms with Gasteiger partial charge in [0.1, 0.15) is 19.3 Å². The van der Waals surface area contributed by atoms with Crippen LogP contribution >= 0.6 is 7.82 Å². The van der Waals surface area contributed by atoms with Gasteiger partial charge in [0.15, 0.2) is 0 Å². The summed E-state index contributed by atoms with van der Waals surface area (Å²) >= 11 is 0. The summed E-state index contributed by atoms with van der Waals surface area (Å²) in [6.45, 7) is 7.05. The largest absolute Gasteiger partial charge is 0.472 e. The molecule has 0 aliphatic carbocycles. The van der Waals surface area contributed by atoms with Crippen LogP contribution in [0.15, 0.2) is 48.6 Å². The van der Waals surface area contributed by atoms with Crippen molar-refractivity contribution in [3.8, 4) is 0 Å². The summed E-state index contributed by atoms with van der Waals surface area (Å²) in [6.07, 6.45) is 87.1. The molecule has 0 spiro atoms. The lowest BCUT2D eigenvalue weighted by atomic mass is 10.0. The molecule has 0 bridgehead atoms. The number of esters is 1. The molecule has 0 aromatic heterocycles. The van der Waals surface area contributed by atoms with E-state index in [0.717, 1.165) is 70.6 Å². The topological polar surface area (TPSA) is 111 Å². The fourth-order valence-corrected chi connectivity index (χ4v) is 12.3. The molecule has 3 unspecified atom stereocenters. The van der Waals surface area contributed by atoms with Gasteiger partial charge in [0.2, 0.25) is 5.91 Å². The normalized spacial score (nSPS) is 13.7. The minimum Gasteiger partial charge on any atom is -0.456 e. The summed E-state index contributed by atoms with van der Waals surface area (Å²) in [5, 5.41) is 3.08. The van der Waals surface area contributed by atoms with E-state index < -0.39 is 20.0 Å². The van der Waals surface area contributed by atoms with E-state index in [-0.39, 0.29) is 25.1 Å². The molecule has 0 saturated carbocycles. The van der Waals surface area contributed by atoms with Crippen LogP contribution in [0.5, 0.6) is 0 Å². The Morgan fingerprint density at radius 2 is 0.693 bits per heavy atom. The van der Waals surface area contributed by atoms with E-state index in [1.54, 1.807) is 0 Å². The molecule has 0 aromatic carbocycles. The molecule has 0 aliphatic heterocycles. The first kappa shape index (κ1) is 86.0. The van der Waals surface area contributed by atoms with E-state index in [0.29, 0.717) is 23.9 Å². The molecule has 88 heavy (non-hydrogen) atoms. The molecule has 0 aromatic rings. The number of nitrogens with zero attached hydrogens (tertiary/aromatic N) is 1. The highest BCUT2D eigenvalue weighted by atomic mass is 31.2. The van der Waals surface area contributed by atoms with E-state index in [1.165, 1.54) is 283 Å². The van der Waals surface area contributed by atoms with Gasteiger partial charge in [0, 0.05) is 12.8 Å². The molecule has 0 heterocycles.